The molecule has 0 aromatic heterocycles. The van der Waals surface area contributed by atoms with E-state index in [0.29, 0.717) is 23.5 Å². The average molecular weight is 629 g/mol. The van der Waals surface area contributed by atoms with Crippen molar-refractivity contribution in [2.24, 2.45) is 0 Å². The Bertz CT molecular complexity index is 1340. The van der Waals surface area contributed by atoms with Crippen molar-refractivity contribution in [3.8, 4) is 29.1 Å². The Morgan fingerprint density at radius 3 is 1.85 bits per heavy atom. The van der Waals surface area contributed by atoms with Gasteiger partial charge in [-0.2, -0.15) is 0 Å². The minimum atomic E-state index is -0.437. The monoisotopic (exact) mass is 628 g/mol. The van der Waals surface area contributed by atoms with Crippen LogP contribution in [0.1, 0.15) is 139 Å². The highest BCUT2D eigenvalue weighted by Crippen LogP contribution is 2.22. The molecule has 1 unspecified atom stereocenters. The van der Waals surface area contributed by atoms with Crippen LogP contribution in [-0.2, 0) is 0 Å². The topological polar surface area (TPSA) is 44.8 Å². The molecule has 1 atom stereocenters. The van der Waals surface area contributed by atoms with Crippen LogP contribution in [0.3, 0.4) is 0 Å². The van der Waals surface area contributed by atoms with Crippen LogP contribution in [0.4, 0.5) is 4.39 Å². The summed E-state index contributed by atoms with van der Waals surface area (Å²) >= 11 is 0. The van der Waals surface area contributed by atoms with E-state index in [1.807, 2.05) is 19.1 Å². The van der Waals surface area contributed by atoms with Crippen molar-refractivity contribution in [2.75, 3.05) is 6.61 Å². The van der Waals surface area contributed by atoms with Crippen molar-refractivity contribution in [1.82, 2.24) is 0 Å². The summed E-state index contributed by atoms with van der Waals surface area (Å²) in [5, 5.41) is 0. The molecule has 0 saturated carbocycles. The molecule has 46 heavy (non-hydrogen) atoms. The Hall–Kier alpha value is -3.78. The molecule has 0 bridgehead atoms. The molecule has 3 aromatic carbocycles. The average Bonchev–Trinajstić information content (AvgIpc) is 3.06. The maximum absolute atomic E-state index is 14.6. The molecule has 0 heterocycles. The summed E-state index contributed by atoms with van der Waals surface area (Å²) < 4.78 is 31.8. The highest BCUT2D eigenvalue weighted by atomic mass is 19.1. The van der Waals surface area contributed by atoms with Gasteiger partial charge in [0, 0.05) is 11.1 Å². The SMILES string of the molecule is CCCCCCCCCCCCOc1ccc(C(=O)Oc2ccc(C#Cc3ccc(OC(C)CCCCCC)c(F)c3)cc2)cc1. The molecule has 0 saturated heterocycles. The fraction of sp³-hybridized carbons (Fsp3) is 0.488. The lowest BCUT2D eigenvalue weighted by Crippen LogP contribution is -2.12. The van der Waals surface area contributed by atoms with Gasteiger partial charge in [0.25, 0.3) is 0 Å². The maximum atomic E-state index is 14.6. The van der Waals surface area contributed by atoms with E-state index < -0.39 is 11.8 Å². The lowest BCUT2D eigenvalue weighted by Gasteiger charge is -2.15. The van der Waals surface area contributed by atoms with Gasteiger partial charge < -0.3 is 14.2 Å². The first-order chi connectivity index (χ1) is 22.5. The standard InChI is InChI=1S/C41H53FO4/c1-4-6-8-10-11-12-13-14-15-17-31-44-37-28-24-36(25-29-37)41(43)46-38-26-21-34(22-27-38)19-20-35-23-30-40(39(42)32-35)45-33(3)18-16-9-7-5-2/h21-30,32-33H,4-18,31H2,1-3H3. The second-order valence-corrected chi connectivity index (χ2v) is 12.1. The second-order valence-electron chi connectivity index (χ2n) is 12.1. The lowest BCUT2D eigenvalue weighted by atomic mass is 10.1. The molecule has 5 heteroatoms. The second kappa shape index (κ2) is 21.9. The first-order valence-corrected chi connectivity index (χ1v) is 17.5. The third-order valence-electron chi connectivity index (χ3n) is 8.00. The molecule has 0 spiro atoms. The number of esters is 1. The van der Waals surface area contributed by atoms with Gasteiger partial charge in [0.1, 0.15) is 11.5 Å². The van der Waals surface area contributed by atoms with Crippen LogP contribution in [0.2, 0.25) is 0 Å². The van der Waals surface area contributed by atoms with E-state index in [1.165, 1.54) is 83.1 Å². The van der Waals surface area contributed by atoms with Crippen LogP contribution >= 0.6 is 0 Å². The van der Waals surface area contributed by atoms with E-state index in [4.69, 9.17) is 14.2 Å². The van der Waals surface area contributed by atoms with Gasteiger partial charge in [-0.3, -0.25) is 0 Å². The lowest BCUT2D eigenvalue weighted by molar-refractivity contribution is 0.0734. The summed E-state index contributed by atoms with van der Waals surface area (Å²) in [6, 6.07) is 18.8. The summed E-state index contributed by atoms with van der Waals surface area (Å²) in [5.74, 6) is 6.61. The van der Waals surface area contributed by atoms with Gasteiger partial charge in [-0.05, 0) is 92.9 Å². The number of carbonyl (C=O) groups is 1. The Balaban J connectivity index is 1.37. The third kappa shape index (κ3) is 14.5. The predicted octanol–water partition coefficient (Wildman–Crippen LogP) is 11.5. The zero-order valence-corrected chi connectivity index (χ0v) is 28.3. The highest BCUT2D eigenvalue weighted by Gasteiger charge is 2.10. The molecular formula is C41H53FO4. The number of benzene rings is 3. The van der Waals surface area contributed by atoms with Crippen molar-refractivity contribution in [2.45, 2.75) is 123 Å². The molecule has 0 aliphatic heterocycles. The number of hydrogen-bond donors (Lipinski definition) is 0. The van der Waals surface area contributed by atoms with Gasteiger partial charge in [-0.25, -0.2) is 9.18 Å². The van der Waals surface area contributed by atoms with Gasteiger partial charge in [-0.15, -0.1) is 0 Å². The van der Waals surface area contributed by atoms with E-state index in [1.54, 1.807) is 48.5 Å². The Labute approximate surface area is 277 Å². The number of unbranched alkanes of at least 4 members (excludes halogenated alkanes) is 12. The van der Waals surface area contributed by atoms with E-state index in [0.717, 1.165) is 30.6 Å². The fourth-order valence-electron chi connectivity index (χ4n) is 5.19. The van der Waals surface area contributed by atoms with E-state index in [9.17, 15) is 9.18 Å². The van der Waals surface area contributed by atoms with Crippen molar-refractivity contribution >= 4 is 5.97 Å². The Morgan fingerprint density at radius 1 is 0.674 bits per heavy atom. The number of hydrogen-bond acceptors (Lipinski definition) is 4. The molecular weight excluding hydrogens is 575 g/mol. The molecule has 4 nitrogen and oxygen atoms in total. The quantitative estimate of drug-likeness (QED) is 0.0509. The highest BCUT2D eigenvalue weighted by molar-refractivity contribution is 5.91. The summed E-state index contributed by atoms with van der Waals surface area (Å²) in [4.78, 5) is 12.6. The summed E-state index contributed by atoms with van der Waals surface area (Å²) in [5.41, 5.74) is 1.74. The molecule has 0 fully saturated rings. The van der Waals surface area contributed by atoms with Crippen LogP contribution < -0.4 is 14.2 Å². The summed E-state index contributed by atoms with van der Waals surface area (Å²) in [6.07, 6.45) is 18.4. The summed E-state index contributed by atoms with van der Waals surface area (Å²) in [7, 11) is 0. The van der Waals surface area contributed by atoms with Gasteiger partial charge in [0.15, 0.2) is 11.6 Å². The normalized spacial score (nSPS) is 11.4. The van der Waals surface area contributed by atoms with Crippen molar-refractivity contribution in [3.63, 3.8) is 0 Å². The Kier molecular flexibility index (Phi) is 17.4. The van der Waals surface area contributed by atoms with Crippen LogP contribution in [0.25, 0.3) is 0 Å². The zero-order valence-electron chi connectivity index (χ0n) is 28.3. The van der Waals surface area contributed by atoms with Crippen LogP contribution in [0.5, 0.6) is 17.2 Å². The first-order valence-electron chi connectivity index (χ1n) is 17.5. The van der Waals surface area contributed by atoms with Crippen LogP contribution in [0.15, 0.2) is 66.7 Å². The van der Waals surface area contributed by atoms with Gasteiger partial charge in [0.05, 0.1) is 18.3 Å². The molecule has 248 valence electrons. The number of carbonyl (C=O) groups excluding carboxylic acids is 1. The van der Waals surface area contributed by atoms with Crippen LogP contribution in [0, 0.1) is 17.7 Å². The Morgan fingerprint density at radius 2 is 1.22 bits per heavy atom. The van der Waals surface area contributed by atoms with Gasteiger partial charge >= 0.3 is 5.97 Å². The van der Waals surface area contributed by atoms with E-state index in [-0.39, 0.29) is 11.9 Å². The number of rotatable bonds is 21. The van der Waals surface area contributed by atoms with Crippen molar-refractivity contribution < 1.29 is 23.4 Å². The fourth-order valence-corrected chi connectivity index (χ4v) is 5.19. The van der Waals surface area contributed by atoms with Gasteiger partial charge in [-0.1, -0.05) is 103 Å². The molecule has 0 radical (unpaired) electrons. The minimum absolute atomic E-state index is 0.0339. The van der Waals surface area contributed by atoms with Gasteiger partial charge in [0.2, 0.25) is 0 Å². The first kappa shape index (κ1) is 36.7. The van der Waals surface area contributed by atoms with E-state index in [2.05, 4.69) is 25.7 Å². The number of halogens is 1. The van der Waals surface area contributed by atoms with Crippen LogP contribution in [-0.4, -0.2) is 18.7 Å². The smallest absolute Gasteiger partial charge is 0.343 e. The number of ether oxygens (including phenoxy) is 3. The maximum Gasteiger partial charge on any atom is 0.343 e. The predicted molar refractivity (Wildman–Crippen MR) is 186 cm³/mol. The molecule has 0 amide bonds. The molecule has 0 N–H and O–H groups in total. The molecule has 3 aromatic rings. The molecule has 0 aliphatic carbocycles. The molecule has 0 aliphatic rings. The molecule has 3 rings (SSSR count). The van der Waals surface area contributed by atoms with E-state index >= 15 is 0 Å². The largest absolute Gasteiger partial charge is 0.494 e. The van der Waals surface area contributed by atoms with Crippen molar-refractivity contribution in [1.29, 1.82) is 0 Å². The van der Waals surface area contributed by atoms with Crippen molar-refractivity contribution in [3.05, 3.63) is 89.2 Å². The third-order valence-corrected chi connectivity index (χ3v) is 8.00. The minimum Gasteiger partial charge on any atom is -0.494 e. The summed E-state index contributed by atoms with van der Waals surface area (Å²) in [6.45, 7) is 7.10. The zero-order chi connectivity index (χ0) is 32.8.